The monoisotopic (exact) mass is 602 g/mol. The first kappa shape index (κ1) is 30.4. The van der Waals surface area contributed by atoms with Crippen LogP contribution in [0, 0.1) is 13.8 Å². The molecule has 2 aromatic carbocycles. The molecule has 13 heteroatoms. The van der Waals surface area contributed by atoms with Crippen molar-refractivity contribution in [3.63, 3.8) is 0 Å². The molecule has 220 valence electrons. The first-order valence-corrected chi connectivity index (χ1v) is 15.3. The average Bonchev–Trinajstić information content (AvgIpc) is 3.30. The van der Waals surface area contributed by atoms with Crippen molar-refractivity contribution in [2.45, 2.75) is 39.3 Å². The SMILES string of the molecule is COc1cc(C(=O)N(CCCc2ccccc2)Cc2nc(C(=O)NS(=O)(=O)N3CC(O)C3)c(C)s2)cc(OC)c1C. The zero-order valence-electron chi connectivity index (χ0n) is 23.4. The zero-order chi connectivity index (χ0) is 29.7. The third-order valence-electron chi connectivity index (χ3n) is 6.80. The fraction of sp³-hybridized carbons (Fsp3) is 0.393. The number of amides is 2. The van der Waals surface area contributed by atoms with Crippen molar-refractivity contribution in [3.8, 4) is 11.5 Å². The first-order valence-electron chi connectivity index (χ1n) is 13.0. The molecule has 1 fully saturated rings. The van der Waals surface area contributed by atoms with Gasteiger partial charge < -0.3 is 19.5 Å². The molecule has 11 nitrogen and oxygen atoms in total. The predicted molar refractivity (Wildman–Crippen MR) is 155 cm³/mol. The number of aromatic nitrogens is 1. The number of aryl methyl sites for hydroxylation is 2. The Labute approximate surface area is 243 Å². The van der Waals surface area contributed by atoms with Gasteiger partial charge >= 0.3 is 10.2 Å². The van der Waals surface area contributed by atoms with Crippen LogP contribution in [-0.2, 0) is 23.2 Å². The van der Waals surface area contributed by atoms with Gasteiger partial charge in [0.1, 0.15) is 22.2 Å². The van der Waals surface area contributed by atoms with Crippen molar-refractivity contribution in [2.24, 2.45) is 0 Å². The van der Waals surface area contributed by atoms with Crippen molar-refractivity contribution in [1.82, 2.24) is 18.9 Å². The number of benzene rings is 2. The topological polar surface area (TPSA) is 138 Å². The van der Waals surface area contributed by atoms with Crippen molar-refractivity contribution in [3.05, 3.63) is 74.7 Å². The molecule has 0 unspecified atom stereocenters. The highest BCUT2D eigenvalue weighted by Crippen LogP contribution is 2.30. The second-order valence-electron chi connectivity index (χ2n) is 9.74. The number of methoxy groups -OCH3 is 2. The van der Waals surface area contributed by atoms with Crippen LogP contribution in [-0.4, -0.2) is 79.5 Å². The van der Waals surface area contributed by atoms with Gasteiger partial charge in [-0.05, 0) is 44.4 Å². The lowest BCUT2D eigenvalue weighted by molar-refractivity contribution is 0.0535. The summed E-state index contributed by atoms with van der Waals surface area (Å²) < 4.78 is 38.8. The van der Waals surface area contributed by atoms with Crippen molar-refractivity contribution in [1.29, 1.82) is 0 Å². The van der Waals surface area contributed by atoms with Crippen LogP contribution in [0.3, 0.4) is 0 Å². The normalized spacial score (nSPS) is 13.9. The van der Waals surface area contributed by atoms with Crippen molar-refractivity contribution in [2.75, 3.05) is 33.9 Å². The molecule has 2 heterocycles. The maximum absolute atomic E-state index is 13.8. The van der Waals surface area contributed by atoms with Crippen LogP contribution in [0.4, 0.5) is 0 Å². The Morgan fingerprint density at radius 3 is 2.34 bits per heavy atom. The number of ether oxygens (including phenoxy) is 2. The van der Waals surface area contributed by atoms with Crippen LogP contribution >= 0.6 is 11.3 Å². The maximum atomic E-state index is 13.8. The molecule has 4 rings (SSSR count). The average molecular weight is 603 g/mol. The number of aliphatic hydroxyl groups excluding tert-OH is 1. The molecular weight excluding hydrogens is 568 g/mol. The standard InChI is InChI=1S/C28H34N4O7S2/c1-18-23(38-3)13-21(14-24(18)39-4)28(35)31(12-8-11-20-9-6-5-7-10-20)17-25-29-26(19(2)40-25)27(34)30-41(36,37)32-15-22(33)16-32/h5-7,9-10,13-14,22,33H,8,11-12,15-17H2,1-4H3,(H,30,34). The molecule has 0 atom stereocenters. The van der Waals surface area contributed by atoms with Crippen LogP contribution < -0.4 is 14.2 Å². The molecule has 0 aliphatic carbocycles. The number of hydrogen-bond acceptors (Lipinski definition) is 9. The summed E-state index contributed by atoms with van der Waals surface area (Å²) in [6.07, 6.45) is 0.708. The minimum absolute atomic E-state index is 0.0231. The molecule has 1 saturated heterocycles. The third kappa shape index (κ3) is 7.22. The minimum atomic E-state index is -4.09. The third-order valence-corrected chi connectivity index (χ3v) is 9.17. The number of carbonyl (C=O) groups is 2. The Balaban J connectivity index is 1.55. The minimum Gasteiger partial charge on any atom is -0.496 e. The van der Waals surface area contributed by atoms with E-state index in [9.17, 15) is 23.1 Å². The van der Waals surface area contributed by atoms with Gasteiger partial charge in [0.25, 0.3) is 11.8 Å². The number of hydrogen-bond donors (Lipinski definition) is 2. The summed E-state index contributed by atoms with van der Waals surface area (Å²) in [5, 5.41) is 9.90. The predicted octanol–water partition coefficient (Wildman–Crippen LogP) is 2.70. The molecule has 2 amide bonds. The fourth-order valence-electron chi connectivity index (χ4n) is 4.50. The van der Waals surface area contributed by atoms with Gasteiger partial charge in [-0.3, -0.25) is 9.59 Å². The summed E-state index contributed by atoms with van der Waals surface area (Å²) in [6, 6.07) is 13.3. The van der Waals surface area contributed by atoms with Crippen LogP contribution in [0.25, 0.3) is 0 Å². The fourth-order valence-corrected chi connectivity index (χ4v) is 6.64. The van der Waals surface area contributed by atoms with Crippen molar-refractivity contribution < 1.29 is 32.6 Å². The quantitative estimate of drug-likeness (QED) is 0.323. The van der Waals surface area contributed by atoms with E-state index < -0.39 is 22.2 Å². The molecule has 2 N–H and O–H groups in total. The highest BCUT2D eigenvalue weighted by atomic mass is 32.2. The van der Waals surface area contributed by atoms with E-state index in [1.54, 1.807) is 24.0 Å². The molecule has 0 spiro atoms. The zero-order valence-corrected chi connectivity index (χ0v) is 25.0. The van der Waals surface area contributed by atoms with E-state index in [1.165, 1.54) is 25.6 Å². The smallest absolute Gasteiger partial charge is 0.304 e. The Bertz CT molecular complexity index is 1480. The van der Waals surface area contributed by atoms with Gasteiger partial charge in [0, 0.05) is 35.6 Å². The largest absolute Gasteiger partial charge is 0.496 e. The summed E-state index contributed by atoms with van der Waals surface area (Å²) in [4.78, 5) is 33.2. The summed E-state index contributed by atoms with van der Waals surface area (Å²) >= 11 is 1.22. The summed E-state index contributed by atoms with van der Waals surface area (Å²) in [5.41, 5.74) is 2.29. The number of aliphatic hydroxyl groups is 1. The summed E-state index contributed by atoms with van der Waals surface area (Å²) in [7, 11) is -1.03. The van der Waals surface area contributed by atoms with E-state index in [0.29, 0.717) is 39.9 Å². The lowest BCUT2D eigenvalue weighted by Crippen LogP contribution is -2.57. The molecule has 1 aliphatic rings. The Kier molecular flexibility index (Phi) is 9.64. The van der Waals surface area contributed by atoms with Gasteiger partial charge in [0.2, 0.25) is 0 Å². The second kappa shape index (κ2) is 13.0. The van der Waals surface area contributed by atoms with Gasteiger partial charge in [-0.25, -0.2) is 9.71 Å². The van der Waals surface area contributed by atoms with Crippen LogP contribution in [0.2, 0.25) is 0 Å². The Morgan fingerprint density at radius 1 is 1.12 bits per heavy atom. The Hall–Kier alpha value is -3.52. The van der Waals surface area contributed by atoms with E-state index in [-0.39, 0.29) is 31.2 Å². The van der Waals surface area contributed by atoms with Gasteiger partial charge in [0.15, 0.2) is 0 Å². The van der Waals surface area contributed by atoms with E-state index >= 15 is 0 Å². The molecule has 41 heavy (non-hydrogen) atoms. The number of carbonyl (C=O) groups excluding carboxylic acids is 2. The highest BCUT2D eigenvalue weighted by Gasteiger charge is 2.36. The number of rotatable bonds is 12. The first-order chi connectivity index (χ1) is 19.5. The molecule has 1 aliphatic heterocycles. The van der Waals surface area contributed by atoms with E-state index in [1.807, 2.05) is 42.0 Å². The van der Waals surface area contributed by atoms with Gasteiger partial charge in [-0.15, -0.1) is 11.3 Å². The van der Waals surface area contributed by atoms with E-state index in [2.05, 4.69) is 4.98 Å². The lowest BCUT2D eigenvalue weighted by Gasteiger charge is -2.34. The van der Waals surface area contributed by atoms with Gasteiger partial charge in [-0.1, -0.05) is 30.3 Å². The van der Waals surface area contributed by atoms with Gasteiger partial charge in [-0.2, -0.15) is 12.7 Å². The van der Waals surface area contributed by atoms with E-state index in [4.69, 9.17) is 9.47 Å². The Morgan fingerprint density at radius 2 is 1.76 bits per heavy atom. The van der Waals surface area contributed by atoms with Crippen LogP contribution in [0.15, 0.2) is 42.5 Å². The van der Waals surface area contributed by atoms with Crippen LogP contribution in [0.5, 0.6) is 11.5 Å². The molecule has 1 aromatic heterocycles. The van der Waals surface area contributed by atoms with Crippen LogP contribution in [0.1, 0.15) is 48.3 Å². The number of β-amino-alcohol motifs (C(OH)–C–C–N with tert-alkyl or cyclic N) is 1. The summed E-state index contributed by atoms with van der Waals surface area (Å²) in [5.74, 6) is -0.0670. The number of nitrogens with one attached hydrogen (secondary N) is 1. The molecule has 0 bridgehead atoms. The maximum Gasteiger partial charge on any atom is 0.304 e. The number of thiazole rings is 1. The second-order valence-corrected chi connectivity index (χ2v) is 12.7. The molecular formula is C28H34N4O7S2. The molecule has 0 radical (unpaired) electrons. The number of nitrogens with zero attached hydrogens (tertiary/aromatic N) is 3. The summed E-state index contributed by atoms with van der Waals surface area (Å²) in [6.45, 7) is 3.91. The van der Waals surface area contributed by atoms with Crippen molar-refractivity contribution >= 4 is 33.4 Å². The van der Waals surface area contributed by atoms with Gasteiger partial charge in [0.05, 0.1) is 26.9 Å². The molecule has 0 saturated carbocycles. The molecule has 3 aromatic rings. The highest BCUT2D eigenvalue weighted by molar-refractivity contribution is 7.87. The lowest BCUT2D eigenvalue weighted by atomic mass is 10.1. The van der Waals surface area contributed by atoms with E-state index in [0.717, 1.165) is 21.9 Å².